The highest BCUT2D eigenvalue weighted by Gasteiger charge is 2.38. The van der Waals surface area contributed by atoms with Crippen LogP contribution in [0.3, 0.4) is 0 Å². The molecule has 2 nitrogen and oxygen atoms in total. The van der Waals surface area contributed by atoms with E-state index in [-0.39, 0.29) is 10.8 Å². The Morgan fingerprint density at radius 1 is 0.350 bits per heavy atom. The van der Waals surface area contributed by atoms with Crippen LogP contribution in [0.1, 0.15) is 49.9 Å². The second kappa shape index (κ2) is 12.7. The van der Waals surface area contributed by atoms with Crippen molar-refractivity contribution in [2.75, 3.05) is 4.90 Å². The summed E-state index contributed by atoms with van der Waals surface area (Å²) in [6, 6.07) is 69.4. The van der Waals surface area contributed by atoms with E-state index in [0.29, 0.717) is 0 Å². The summed E-state index contributed by atoms with van der Waals surface area (Å²) in [7, 11) is 0. The maximum atomic E-state index is 7.14. The van der Waals surface area contributed by atoms with Crippen molar-refractivity contribution in [3.63, 3.8) is 0 Å². The molecular weight excluding hydrogens is 727 g/mol. The molecule has 0 fully saturated rings. The lowest BCUT2D eigenvalue weighted by Crippen LogP contribution is -2.18. The molecule has 286 valence electrons. The Morgan fingerprint density at radius 3 is 1.53 bits per heavy atom. The van der Waals surface area contributed by atoms with Crippen LogP contribution in [0.2, 0.25) is 0 Å². The number of ether oxygens (including phenoxy) is 1. The van der Waals surface area contributed by atoms with E-state index in [1.165, 1.54) is 60.8 Å². The fourth-order valence-corrected chi connectivity index (χ4v) is 10.6. The van der Waals surface area contributed by atoms with Crippen molar-refractivity contribution in [1.82, 2.24) is 0 Å². The Morgan fingerprint density at radius 2 is 0.900 bits per heavy atom. The van der Waals surface area contributed by atoms with E-state index in [2.05, 4.69) is 221 Å². The fourth-order valence-electron chi connectivity index (χ4n) is 10.6. The molecule has 0 unspecified atom stereocenters. The molecule has 2 aliphatic carbocycles. The third-order valence-corrected chi connectivity index (χ3v) is 13.6. The predicted octanol–water partition coefficient (Wildman–Crippen LogP) is 16.0. The third-order valence-electron chi connectivity index (χ3n) is 13.6. The van der Waals surface area contributed by atoms with E-state index < -0.39 is 0 Å². The van der Waals surface area contributed by atoms with Crippen LogP contribution in [0, 0.1) is 0 Å². The molecule has 0 bridgehead atoms. The van der Waals surface area contributed by atoms with Gasteiger partial charge in [-0.2, -0.15) is 0 Å². The highest BCUT2D eigenvalue weighted by atomic mass is 16.5. The number of fused-ring (bicyclic) bond motifs is 12. The van der Waals surface area contributed by atoms with Crippen molar-refractivity contribution in [3.8, 4) is 67.1 Å². The molecule has 60 heavy (non-hydrogen) atoms. The molecule has 12 rings (SSSR count). The lowest BCUT2D eigenvalue weighted by molar-refractivity contribution is 0.488. The maximum Gasteiger partial charge on any atom is 0.137 e. The van der Waals surface area contributed by atoms with Gasteiger partial charge >= 0.3 is 0 Å². The smallest absolute Gasteiger partial charge is 0.137 e. The minimum Gasteiger partial charge on any atom is -0.456 e. The minimum atomic E-state index is -0.157. The molecule has 0 spiro atoms. The van der Waals surface area contributed by atoms with Gasteiger partial charge in [-0.15, -0.1) is 0 Å². The molecule has 9 aromatic carbocycles. The molecule has 2 heteroatoms. The zero-order valence-electron chi connectivity index (χ0n) is 34.3. The Hall–Kier alpha value is -7.16. The minimum absolute atomic E-state index is 0.157. The van der Waals surface area contributed by atoms with Gasteiger partial charge in [-0.3, -0.25) is 0 Å². The Labute approximate surface area is 352 Å². The van der Waals surface area contributed by atoms with Crippen LogP contribution in [-0.4, -0.2) is 0 Å². The summed E-state index contributed by atoms with van der Waals surface area (Å²) < 4.78 is 7.14. The first-order valence-corrected chi connectivity index (χ1v) is 21.1. The van der Waals surface area contributed by atoms with Crippen molar-refractivity contribution in [2.45, 2.75) is 38.5 Å². The van der Waals surface area contributed by atoms with Crippen LogP contribution >= 0.6 is 0 Å². The normalized spacial score (nSPS) is 14.4. The molecule has 0 amide bonds. The molecule has 1 heterocycles. The maximum absolute atomic E-state index is 7.14. The van der Waals surface area contributed by atoms with Crippen molar-refractivity contribution >= 4 is 27.8 Å². The van der Waals surface area contributed by atoms with E-state index in [0.717, 1.165) is 56.4 Å². The van der Waals surface area contributed by atoms with Crippen LogP contribution in [0.4, 0.5) is 17.1 Å². The van der Waals surface area contributed by atoms with Gasteiger partial charge in [0.05, 0.1) is 5.69 Å². The highest BCUT2D eigenvalue weighted by Crippen LogP contribution is 2.57. The molecule has 0 N–H and O–H groups in total. The van der Waals surface area contributed by atoms with Crippen molar-refractivity contribution in [2.24, 2.45) is 0 Å². The van der Waals surface area contributed by atoms with E-state index in [4.69, 9.17) is 4.74 Å². The van der Waals surface area contributed by atoms with E-state index in [1.54, 1.807) is 0 Å². The topological polar surface area (TPSA) is 12.5 Å². The first kappa shape index (κ1) is 34.8. The van der Waals surface area contributed by atoms with Crippen LogP contribution < -0.4 is 9.64 Å². The van der Waals surface area contributed by atoms with Crippen molar-refractivity contribution < 1.29 is 4.74 Å². The fraction of sp³-hybridized carbons (Fsp3) is 0.103. The van der Waals surface area contributed by atoms with Crippen LogP contribution in [-0.2, 0) is 10.8 Å². The number of hydrogen-bond acceptors (Lipinski definition) is 2. The summed E-state index contributed by atoms with van der Waals surface area (Å²) in [5.74, 6) is 1.69. The predicted molar refractivity (Wildman–Crippen MR) is 250 cm³/mol. The summed E-state index contributed by atoms with van der Waals surface area (Å²) in [5.41, 5.74) is 20.5. The molecule has 0 radical (unpaired) electrons. The SMILES string of the molecule is CC1(C)c2ccccc2-c2ccc(N(c3ccc4c(c3)C(C)(C)c3ccccc3-4)c3cccc4c3-c3cc5ccccc5cc3-c3cc(-c5ccccc5)ccc3O4)cc21. The van der Waals surface area contributed by atoms with Gasteiger partial charge in [0.25, 0.3) is 0 Å². The van der Waals surface area contributed by atoms with Crippen molar-refractivity contribution in [1.29, 1.82) is 0 Å². The molecule has 3 aliphatic rings. The molecule has 0 saturated carbocycles. The summed E-state index contributed by atoms with van der Waals surface area (Å²) in [6.45, 7) is 9.47. The number of nitrogens with zero attached hydrogens (tertiary/aromatic N) is 1. The highest BCUT2D eigenvalue weighted by molar-refractivity contribution is 6.05. The Balaban J connectivity index is 1.13. The van der Waals surface area contributed by atoms with Gasteiger partial charge in [-0.25, -0.2) is 0 Å². The largest absolute Gasteiger partial charge is 0.456 e. The summed E-state index contributed by atoms with van der Waals surface area (Å²) in [4.78, 5) is 2.49. The van der Waals surface area contributed by atoms with Crippen LogP contribution in [0.15, 0.2) is 188 Å². The summed E-state index contributed by atoms with van der Waals surface area (Å²) in [6.07, 6.45) is 0. The molecule has 0 atom stereocenters. The van der Waals surface area contributed by atoms with Gasteiger partial charge in [0.1, 0.15) is 11.5 Å². The van der Waals surface area contributed by atoms with Gasteiger partial charge in [-0.1, -0.05) is 155 Å². The van der Waals surface area contributed by atoms with Gasteiger partial charge in [-0.05, 0) is 138 Å². The number of anilines is 3. The Bertz CT molecular complexity index is 3140. The lowest BCUT2D eigenvalue weighted by Gasteiger charge is -2.31. The molecule has 0 saturated heterocycles. The summed E-state index contributed by atoms with van der Waals surface area (Å²) in [5, 5.41) is 2.39. The average molecular weight is 770 g/mol. The Kier molecular flexibility index (Phi) is 7.36. The molecular formula is C58H43NO. The lowest BCUT2D eigenvalue weighted by atomic mass is 9.82. The van der Waals surface area contributed by atoms with Gasteiger partial charge in [0.15, 0.2) is 0 Å². The monoisotopic (exact) mass is 769 g/mol. The van der Waals surface area contributed by atoms with Gasteiger partial charge in [0.2, 0.25) is 0 Å². The third kappa shape index (κ3) is 5.01. The van der Waals surface area contributed by atoms with E-state index >= 15 is 0 Å². The molecule has 9 aromatic rings. The number of benzene rings is 9. The first-order valence-electron chi connectivity index (χ1n) is 21.1. The second-order valence-electron chi connectivity index (χ2n) is 17.7. The molecule has 1 aliphatic heterocycles. The molecule has 0 aromatic heterocycles. The van der Waals surface area contributed by atoms with E-state index in [1.807, 2.05) is 0 Å². The standard InChI is InChI=1S/C58H43NO/c1-57(2)49-21-12-10-19-42(49)44-28-26-40(34-51(44)57)59(41-27-29-45-43-20-11-13-22-50(43)58(3,4)52(45)35-41)53-23-14-24-55-56(53)48-33-38-18-9-8-17-37(38)31-46(48)47-32-39(25-30-54(47)60-55)36-15-6-5-7-16-36/h5-35H,1-4H3. The second-order valence-corrected chi connectivity index (χ2v) is 17.7. The zero-order chi connectivity index (χ0) is 40.3. The summed E-state index contributed by atoms with van der Waals surface area (Å²) >= 11 is 0. The van der Waals surface area contributed by atoms with Gasteiger partial charge in [0, 0.05) is 33.3 Å². The van der Waals surface area contributed by atoms with Crippen LogP contribution in [0.25, 0.3) is 66.4 Å². The quantitative estimate of drug-likeness (QED) is 0.177. The number of hydrogen-bond donors (Lipinski definition) is 0. The van der Waals surface area contributed by atoms with Gasteiger partial charge < -0.3 is 9.64 Å². The van der Waals surface area contributed by atoms with E-state index in [9.17, 15) is 0 Å². The first-order chi connectivity index (χ1) is 29.3. The van der Waals surface area contributed by atoms with Crippen molar-refractivity contribution in [3.05, 3.63) is 210 Å². The van der Waals surface area contributed by atoms with Crippen LogP contribution in [0.5, 0.6) is 11.5 Å². The zero-order valence-corrected chi connectivity index (χ0v) is 34.3. The number of rotatable bonds is 4. The average Bonchev–Trinajstić information content (AvgIpc) is 3.58.